The maximum Gasteiger partial charge on any atom is 0.239 e. The predicted molar refractivity (Wildman–Crippen MR) is 91.5 cm³/mol. The van der Waals surface area contributed by atoms with E-state index >= 15 is 0 Å². The smallest absolute Gasteiger partial charge is 0.239 e. The Morgan fingerprint density at radius 3 is 2.36 bits per heavy atom. The Morgan fingerprint density at radius 2 is 1.82 bits per heavy atom. The molecular weight excluding hydrogens is 276 g/mol. The number of nitrogens with zero attached hydrogens (tertiary/aromatic N) is 1. The Morgan fingerprint density at radius 1 is 1.18 bits per heavy atom. The van der Waals surface area contributed by atoms with Gasteiger partial charge in [-0.3, -0.25) is 4.79 Å². The molecule has 1 aliphatic rings. The number of carbonyl (C=O) groups excluding carboxylic acids is 1. The van der Waals surface area contributed by atoms with Gasteiger partial charge in [0.05, 0.1) is 6.04 Å². The Bertz CT molecular complexity index is 312. The van der Waals surface area contributed by atoms with Crippen LogP contribution in [0.2, 0.25) is 0 Å². The lowest BCUT2D eigenvalue weighted by Gasteiger charge is -2.34. The number of unbranched alkanes of at least 4 members (excludes halogenated alkanes) is 1. The third-order valence-electron chi connectivity index (χ3n) is 5.33. The summed E-state index contributed by atoms with van der Waals surface area (Å²) in [4.78, 5) is 14.2. The van der Waals surface area contributed by atoms with Crippen LogP contribution >= 0.6 is 0 Å². The number of rotatable bonds is 9. The quantitative estimate of drug-likeness (QED) is 0.643. The third kappa shape index (κ3) is 6.66. The van der Waals surface area contributed by atoms with E-state index in [1.807, 2.05) is 4.90 Å². The maximum atomic E-state index is 12.3. The molecule has 1 saturated heterocycles. The van der Waals surface area contributed by atoms with Gasteiger partial charge in [-0.25, -0.2) is 0 Å². The molecule has 130 valence electrons. The molecule has 2 atom stereocenters. The van der Waals surface area contributed by atoms with Crippen LogP contribution < -0.4 is 5.73 Å². The summed E-state index contributed by atoms with van der Waals surface area (Å²) < 4.78 is 0. The lowest BCUT2D eigenvalue weighted by atomic mass is 9.85. The number of hydrogen-bond acceptors (Lipinski definition) is 3. The minimum absolute atomic E-state index is 0.104. The van der Waals surface area contributed by atoms with E-state index in [0.29, 0.717) is 6.42 Å². The van der Waals surface area contributed by atoms with E-state index in [-0.39, 0.29) is 18.6 Å². The third-order valence-corrected chi connectivity index (χ3v) is 5.33. The molecule has 0 spiro atoms. The second kappa shape index (κ2) is 10.2. The largest absolute Gasteiger partial charge is 0.396 e. The minimum atomic E-state index is -0.385. The van der Waals surface area contributed by atoms with Crippen molar-refractivity contribution >= 4 is 5.91 Å². The van der Waals surface area contributed by atoms with Crippen molar-refractivity contribution in [2.75, 3.05) is 19.7 Å². The Balaban J connectivity index is 2.25. The topological polar surface area (TPSA) is 66.6 Å². The molecule has 4 heteroatoms. The van der Waals surface area contributed by atoms with Gasteiger partial charge >= 0.3 is 0 Å². The zero-order chi connectivity index (χ0) is 16.5. The molecule has 1 heterocycles. The second-order valence-electron chi connectivity index (χ2n) is 7.39. The van der Waals surface area contributed by atoms with Crippen LogP contribution in [0.4, 0.5) is 0 Å². The van der Waals surface area contributed by atoms with E-state index in [9.17, 15) is 4.79 Å². The summed E-state index contributed by atoms with van der Waals surface area (Å²) in [5.74, 6) is 2.43. The van der Waals surface area contributed by atoms with Crippen molar-refractivity contribution in [3.63, 3.8) is 0 Å². The molecule has 0 aliphatic carbocycles. The summed E-state index contributed by atoms with van der Waals surface area (Å²) in [5, 5.41) is 8.78. The van der Waals surface area contributed by atoms with Crippen molar-refractivity contribution in [3.05, 3.63) is 0 Å². The van der Waals surface area contributed by atoms with Crippen molar-refractivity contribution in [2.24, 2.45) is 23.5 Å². The molecule has 0 bridgehead atoms. The van der Waals surface area contributed by atoms with Crippen molar-refractivity contribution in [1.82, 2.24) is 4.90 Å². The Kier molecular flexibility index (Phi) is 9.03. The first-order valence-electron chi connectivity index (χ1n) is 9.11. The summed E-state index contributed by atoms with van der Waals surface area (Å²) in [7, 11) is 0. The lowest BCUT2D eigenvalue weighted by Crippen LogP contribution is -2.47. The van der Waals surface area contributed by atoms with Crippen LogP contribution in [-0.2, 0) is 4.79 Å². The first kappa shape index (κ1) is 19.4. The molecule has 0 aromatic rings. The van der Waals surface area contributed by atoms with Gasteiger partial charge in [0.2, 0.25) is 5.91 Å². The number of likely N-dealkylation sites (tertiary alicyclic amines) is 1. The molecule has 1 aliphatic heterocycles. The lowest BCUT2D eigenvalue weighted by molar-refractivity contribution is -0.134. The maximum absolute atomic E-state index is 12.3. The van der Waals surface area contributed by atoms with Crippen molar-refractivity contribution in [2.45, 2.75) is 71.8 Å². The zero-order valence-corrected chi connectivity index (χ0v) is 14.8. The zero-order valence-electron chi connectivity index (χ0n) is 14.8. The number of amides is 1. The minimum Gasteiger partial charge on any atom is -0.396 e. The van der Waals surface area contributed by atoms with E-state index in [1.54, 1.807) is 0 Å². The van der Waals surface area contributed by atoms with Gasteiger partial charge in [0.25, 0.3) is 0 Å². The van der Waals surface area contributed by atoms with Crippen LogP contribution in [-0.4, -0.2) is 41.7 Å². The SMILES string of the molecule is CC(C)C(C)CCC1CCN(C(=O)C(N)CCCCO)CC1. The molecule has 4 nitrogen and oxygen atoms in total. The van der Waals surface area contributed by atoms with Crippen LogP contribution in [0.5, 0.6) is 0 Å². The van der Waals surface area contributed by atoms with Crippen LogP contribution in [0.15, 0.2) is 0 Å². The highest BCUT2D eigenvalue weighted by Gasteiger charge is 2.26. The first-order valence-corrected chi connectivity index (χ1v) is 9.11. The molecular formula is C18H36N2O2. The fourth-order valence-corrected chi connectivity index (χ4v) is 3.11. The van der Waals surface area contributed by atoms with Gasteiger partial charge in [-0.1, -0.05) is 33.6 Å². The van der Waals surface area contributed by atoms with Gasteiger partial charge in [-0.05, 0) is 49.9 Å². The predicted octanol–water partition coefficient (Wildman–Crippen LogP) is 2.79. The highest BCUT2D eigenvalue weighted by Crippen LogP contribution is 2.26. The summed E-state index contributed by atoms with van der Waals surface area (Å²) in [6.45, 7) is 8.85. The number of carbonyl (C=O) groups is 1. The van der Waals surface area contributed by atoms with Gasteiger partial charge in [0, 0.05) is 19.7 Å². The average Bonchev–Trinajstić information content (AvgIpc) is 2.52. The number of hydrogen-bond donors (Lipinski definition) is 2. The highest BCUT2D eigenvalue weighted by atomic mass is 16.2. The molecule has 2 unspecified atom stereocenters. The standard InChI is InChI=1S/C18H36N2O2/c1-14(2)15(3)7-8-16-9-11-20(12-10-16)18(22)17(19)6-4-5-13-21/h14-17,21H,4-13,19H2,1-3H3. The van der Waals surface area contributed by atoms with Crippen LogP contribution in [0.25, 0.3) is 0 Å². The molecule has 1 fully saturated rings. The van der Waals surface area contributed by atoms with Gasteiger partial charge < -0.3 is 15.7 Å². The first-order chi connectivity index (χ1) is 10.5. The summed E-state index contributed by atoms with van der Waals surface area (Å²) >= 11 is 0. The number of piperidine rings is 1. The van der Waals surface area contributed by atoms with Crippen LogP contribution in [0.3, 0.4) is 0 Å². The fourth-order valence-electron chi connectivity index (χ4n) is 3.11. The van der Waals surface area contributed by atoms with Gasteiger partial charge in [-0.15, -0.1) is 0 Å². The molecule has 0 radical (unpaired) electrons. The fraction of sp³-hybridized carbons (Fsp3) is 0.944. The molecule has 1 amide bonds. The van der Waals surface area contributed by atoms with Crippen molar-refractivity contribution in [3.8, 4) is 0 Å². The summed E-state index contributed by atoms with van der Waals surface area (Å²) in [5.41, 5.74) is 5.98. The molecule has 3 N–H and O–H groups in total. The van der Waals surface area contributed by atoms with Crippen LogP contribution in [0, 0.1) is 17.8 Å². The monoisotopic (exact) mass is 312 g/mol. The van der Waals surface area contributed by atoms with E-state index < -0.39 is 0 Å². The number of nitrogens with two attached hydrogens (primary N) is 1. The van der Waals surface area contributed by atoms with E-state index in [2.05, 4.69) is 20.8 Å². The van der Waals surface area contributed by atoms with E-state index in [1.165, 1.54) is 12.8 Å². The second-order valence-corrected chi connectivity index (χ2v) is 7.39. The average molecular weight is 312 g/mol. The highest BCUT2D eigenvalue weighted by molar-refractivity contribution is 5.81. The molecule has 0 aromatic carbocycles. The van der Waals surface area contributed by atoms with Crippen LogP contribution in [0.1, 0.15) is 65.7 Å². The Hall–Kier alpha value is -0.610. The molecule has 0 aromatic heterocycles. The summed E-state index contributed by atoms with van der Waals surface area (Å²) in [6, 6.07) is -0.385. The normalized spacial score (nSPS) is 19.5. The van der Waals surface area contributed by atoms with Gasteiger partial charge in [-0.2, -0.15) is 0 Å². The Labute approximate surface area is 136 Å². The van der Waals surface area contributed by atoms with E-state index in [4.69, 9.17) is 10.8 Å². The van der Waals surface area contributed by atoms with Gasteiger partial charge in [0.1, 0.15) is 0 Å². The number of aliphatic hydroxyl groups is 1. The summed E-state index contributed by atoms with van der Waals surface area (Å²) in [6.07, 6.45) is 7.09. The molecule has 0 saturated carbocycles. The van der Waals surface area contributed by atoms with E-state index in [0.717, 1.165) is 56.5 Å². The van der Waals surface area contributed by atoms with Crippen molar-refractivity contribution in [1.29, 1.82) is 0 Å². The number of aliphatic hydroxyl groups excluding tert-OH is 1. The van der Waals surface area contributed by atoms with Gasteiger partial charge in [0.15, 0.2) is 0 Å². The molecule has 1 rings (SSSR count). The molecule has 22 heavy (non-hydrogen) atoms. The van der Waals surface area contributed by atoms with Crippen molar-refractivity contribution < 1.29 is 9.90 Å².